The van der Waals surface area contributed by atoms with Crippen LogP contribution in [0, 0.1) is 0 Å². The van der Waals surface area contributed by atoms with Crippen LogP contribution in [0.5, 0.6) is 0 Å². The second kappa shape index (κ2) is 5.41. The molecule has 5 heteroatoms. The second-order valence-electron chi connectivity index (χ2n) is 3.51. The molecule has 1 aliphatic carbocycles. The SMILES string of the molecule is Clc1nc(Cl)nc(/C2=C/CC/C=C\CC2)n1. The van der Waals surface area contributed by atoms with E-state index in [1.54, 1.807) is 0 Å². The van der Waals surface area contributed by atoms with Gasteiger partial charge in [0.05, 0.1) is 0 Å². The molecule has 0 spiro atoms. The Hall–Kier alpha value is -0.930. The van der Waals surface area contributed by atoms with Crippen LogP contribution < -0.4 is 0 Å². The maximum absolute atomic E-state index is 5.75. The molecule has 0 aliphatic heterocycles. The summed E-state index contributed by atoms with van der Waals surface area (Å²) in [7, 11) is 0. The molecule has 0 atom stereocenters. The molecule has 3 nitrogen and oxygen atoms in total. The fourth-order valence-corrected chi connectivity index (χ4v) is 1.97. The Bertz CT molecular complexity index is 421. The minimum absolute atomic E-state index is 0.147. The van der Waals surface area contributed by atoms with Crippen LogP contribution in [0.1, 0.15) is 31.5 Å². The lowest BCUT2D eigenvalue weighted by Gasteiger charge is -2.07. The van der Waals surface area contributed by atoms with Crippen molar-refractivity contribution in [3.8, 4) is 0 Å². The van der Waals surface area contributed by atoms with Crippen LogP contribution in [-0.2, 0) is 0 Å². The van der Waals surface area contributed by atoms with Gasteiger partial charge in [0.2, 0.25) is 10.6 Å². The molecule has 84 valence electrons. The van der Waals surface area contributed by atoms with E-state index in [0.29, 0.717) is 5.82 Å². The minimum Gasteiger partial charge on any atom is -0.198 e. The van der Waals surface area contributed by atoms with Crippen LogP contribution in [-0.4, -0.2) is 15.0 Å². The van der Waals surface area contributed by atoms with E-state index in [4.69, 9.17) is 23.2 Å². The first-order valence-corrected chi connectivity index (χ1v) is 5.93. The van der Waals surface area contributed by atoms with Crippen molar-refractivity contribution < 1.29 is 0 Å². The van der Waals surface area contributed by atoms with Crippen LogP contribution >= 0.6 is 23.2 Å². The van der Waals surface area contributed by atoms with Gasteiger partial charge in [0.25, 0.3) is 0 Å². The van der Waals surface area contributed by atoms with Crippen LogP contribution in [0.4, 0.5) is 0 Å². The number of hydrogen-bond donors (Lipinski definition) is 0. The fraction of sp³-hybridized carbons (Fsp3) is 0.364. The normalized spacial score (nSPS) is 21.8. The number of allylic oxidation sites excluding steroid dienone is 4. The van der Waals surface area contributed by atoms with Crippen molar-refractivity contribution >= 4 is 28.8 Å². The first-order chi connectivity index (χ1) is 7.75. The monoisotopic (exact) mass is 255 g/mol. The molecule has 0 amide bonds. The standard InChI is InChI=1S/C11H11Cl2N3/c12-10-14-9(15-11(13)16-10)8-6-4-2-1-3-5-7-8/h1-2,7H,3-6H2/b2-1-,8-7+. The Morgan fingerprint density at radius 3 is 2.31 bits per heavy atom. The van der Waals surface area contributed by atoms with E-state index in [1.807, 2.05) is 0 Å². The molecule has 0 bridgehead atoms. The van der Waals surface area contributed by atoms with Crippen LogP contribution in [0.3, 0.4) is 0 Å². The molecule has 2 rings (SSSR count). The van der Waals surface area contributed by atoms with Gasteiger partial charge < -0.3 is 0 Å². The van der Waals surface area contributed by atoms with Gasteiger partial charge in [0.15, 0.2) is 5.82 Å². The summed E-state index contributed by atoms with van der Waals surface area (Å²) in [5, 5.41) is 0.294. The summed E-state index contributed by atoms with van der Waals surface area (Å²) in [4.78, 5) is 11.9. The Morgan fingerprint density at radius 2 is 1.56 bits per heavy atom. The fourth-order valence-electron chi connectivity index (χ4n) is 1.60. The number of aromatic nitrogens is 3. The number of halogens is 2. The lowest BCUT2D eigenvalue weighted by Crippen LogP contribution is -1.98. The predicted molar refractivity (Wildman–Crippen MR) is 65.4 cm³/mol. The van der Waals surface area contributed by atoms with E-state index in [-0.39, 0.29) is 10.6 Å². The lowest BCUT2D eigenvalue weighted by molar-refractivity contribution is 0.937. The molecule has 1 aliphatic rings. The molecule has 0 fully saturated rings. The van der Waals surface area contributed by atoms with E-state index >= 15 is 0 Å². The highest BCUT2D eigenvalue weighted by Gasteiger charge is 2.08. The first-order valence-electron chi connectivity index (χ1n) is 5.17. The van der Waals surface area contributed by atoms with Gasteiger partial charge in [-0.25, -0.2) is 0 Å². The Labute approximate surface area is 104 Å². The molecule has 0 N–H and O–H groups in total. The highest BCUT2D eigenvalue weighted by Crippen LogP contribution is 2.21. The molecule has 1 aromatic heterocycles. The Balaban J connectivity index is 2.27. The molecule has 0 aromatic carbocycles. The maximum atomic E-state index is 5.75. The highest BCUT2D eigenvalue weighted by molar-refractivity contribution is 6.31. The molecule has 0 saturated heterocycles. The van der Waals surface area contributed by atoms with Crippen molar-refractivity contribution in [1.29, 1.82) is 0 Å². The smallest absolute Gasteiger partial charge is 0.198 e. The van der Waals surface area contributed by atoms with Gasteiger partial charge in [-0.1, -0.05) is 18.2 Å². The van der Waals surface area contributed by atoms with Crippen LogP contribution in [0.25, 0.3) is 5.57 Å². The van der Waals surface area contributed by atoms with Gasteiger partial charge in [-0.2, -0.15) is 15.0 Å². The van der Waals surface area contributed by atoms with Crippen LogP contribution in [0.2, 0.25) is 10.6 Å². The summed E-state index contributed by atoms with van der Waals surface area (Å²) in [5.41, 5.74) is 1.09. The first kappa shape index (κ1) is 11.6. The van der Waals surface area contributed by atoms with Crippen molar-refractivity contribution in [2.45, 2.75) is 25.7 Å². The minimum atomic E-state index is 0.147. The van der Waals surface area contributed by atoms with Crippen molar-refractivity contribution in [3.05, 3.63) is 34.6 Å². The molecular weight excluding hydrogens is 245 g/mol. The molecule has 1 aromatic rings. The quantitative estimate of drug-likeness (QED) is 0.719. The van der Waals surface area contributed by atoms with Gasteiger partial charge >= 0.3 is 0 Å². The van der Waals surface area contributed by atoms with E-state index in [2.05, 4.69) is 33.2 Å². The summed E-state index contributed by atoms with van der Waals surface area (Å²) >= 11 is 11.5. The third kappa shape index (κ3) is 3.03. The Morgan fingerprint density at radius 1 is 0.875 bits per heavy atom. The highest BCUT2D eigenvalue weighted by atomic mass is 35.5. The second-order valence-corrected chi connectivity index (χ2v) is 4.19. The number of nitrogens with zero attached hydrogens (tertiary/aromatic N) is 3. The summed E-state index contributed by atoms with van der Waals surface area (Å²) < 4.78 is 0. The lowest BCUT2D eigenvalue weighted by atomic mass is 10.0. The van der Waals surface area contributed by atoms with E-state index in [0.717, 1.165) is 31.3 Å². The van der Waals surface area contributed by atoms with Crippen molar-refractivity contribution in [3.63, 3.8) is 0 Å². The average molecular weight is 256 g/mol. The van der Waals surface area contributed by atoms with E-state index < -0.39 is 0 Å². The summed E-state index contributed by atoms with van der Waals surface area (Å²) in [5.74, 6) is 0.598. The van der Waals surface area contributed by atoms with Gasteiger partial charge in [0.1, 0.15) is 0 Å². The van der Waals surface area contributed by atoms with E-state index in [1.165, 1.54) is 0 Å². The third-order valence-electron chi connectivity index (χ3n) is 2.34. The maximum Gasteiger partial charge on any atom is 0.227 e. The zero-order valence-electron chi connectivity index (χ0n) is 8.66. The summed E-state index contributed by atoms with van der Waals surface area (Å²) in [6.07, 6.45) is 10.5. The van der Waals surface area contributed by atoms with E-state index in [9.17, 15) is 0 Å². The molecule has 0 saturated carbocycles. The molecule has 1 heterocycles. The molecule has 16 heavy (non-hydrogen) atoms. The van der Waals surface area contributed by atoms with Crippen LogP contribution in [0.15, 0.2) is 18.2 Å². The molecule has 0 radical (unpaired) electrons. The molecule has 0 unspecified atom stereocenters. The topological polar surface area (TPSA) is 38.7 Å². The van der Waals surface area contributed by atoms with Gasteiger partial charge in [-0.3, -0.25) is 0 Å². The molecular formula is C11H11Cl2N3. The van der Waals surface area contributed by atoms with Gasteiger partial charge in [-0.05, 0) is 54.5 Å². The predicted octanol–water partition coefficient (Wildman–Crippen LogP) is 3.69. The van der Waals surface area contributed by atoms with Crippen molar-refractivity contribution in [1.82, 2.24) is 15.0 Å². The number of hydrogen-bond acceptors (Lipinski definition) is 3. The Kier molecular flexibility index (Phi) is 3.91. The largest absolute Gasteiger partial charge is 0.227 e. The third-order valence-corrected chi connectivity index (χ3v) is 2.68. The zero-order valence-corrected chi connectivity index (χ0v) is 10.2. The van der Waals surface area contributed by atoms with Gasteiger partial charge in [-0.15, -0.1) is 0 Å². The number of rotatable bonds is 1. The summed E-state index contributed by atoms with van der Waals surface area (Å²) in [6, 6.07) is 0. The van der Waals surface area contributed by atoms with Gasteiger partial charge in [0, 0.05) is 0 Å². The average Bonchev–Trinajstić information content (AvgIpc) is 2.14. The van der Waals surface area contributed by atoms with Crippen molar-refractivity contribution in [2.75, 3.05) is 0 Å². The van der Waals surface area contributed by atoms with Crippen molar-refractivity contribution in [2.24, 2.45) is 0 Å². The summed E-state index contributed by atoms with van der Waals surface area (Å²) in [6.45, 7) is 0. The zero-order chi connectivity index (χ0) is 11.4.